The van der Waals surface area contributed by atoms with Gasteiger partial charge in [0.25, 0.3) is 5.91 Å². The van der Waals surface area contributed by atoms with Crippen LogP contribution in [0.25, 0.3) is 11.1 Å². The first-order valence-electron chi connectivity index (χ1n) is 16.6. The standard InChI is InChI=1S/C39H41F3N2O5/c1-3-47-35(48-4-2)26-49-38(46)36(28-10-6-5-7-11-28)29-22-24-44(25-23-29)32-20-18-31(19-21-32)43-37(45)34-13-9-8-12-33(34)27-14-16-30(17-15-27)39(40,41)42/h5-21,29,35-36H,3-4,22-26H2,1-2H3,(H,43,45). The van der Waals surface area contributed by atoms with Crippen LogP contribution < -0.4 is 10.2 Å². The molecule has 0 aliphatic carbocycles. The van der Waals surface area contributed by atoms with Crippen LogP contribution in [0.3, 0.4) is 0 Å². The fourth-order valence-electron chi connectivity index (χ4n) is 6.23. The van der Waals surface area contributed by atoms with Crippen molar-refractivity contribution in [2.24, 2.45) is 5.92 Å². The number of ether oxygens (including phenoxy) is 3. The van der Waals surface area contributed by atoms with E-state index in [2.05, 4.69) is 10.2 Å². The normalized spacial score (nSPS) is 14.4. The predicted molar refractivity (Wildman–Crippen MR) is 183 cm³/mol. The van der Waals surface area contributed by atoms with Gasteiger partial charge in [0.1, 0.15) is 6.61 Å². The Morgan fingerprint density at radius 3 is 2.04 bits per heavy atom. The molecule has 0 saturated carbocycles. The van der Waals surface area contributed by atoms with E-state index in [1.165, 1.54) is 12.1 Å². The van der Waals surface area contributed by atoms with E-state index in [-0.39, 0.29) is 24.4 Å². The van der Waals surface area contributed by atoms with Crippen LogP contribution in [0.2, 0.25) is 0 Å². The number of nitrogens with zero attached hydrogens (tertiary/aromatic N) is 1. The second kappa shape index (κ2) is 16.6. The summed E-state index contributed by atoms with van der Waals surface area (Å²) >= 11 is 0. The molecule has 1 N–H and O–H groups in total. The summed E-state index contributed by atoms with van der Waals surface area (Å²) < 4.78 is 56.0. The van der Waals surface area contributed by atoms with Gasteiger partial charge >= 0.3 is 12.1 Å². The minimum absolute atomic E-state index is 0.0339. The Hall–Kier alpha value is -4.67. The molecule has 1 heterocycles. The molecule has 0 bridgehead atoms. The summed E-state index contributed by atoms with van der Waals surface area (Å²) in [6, 6.07) is 28.9. The van der Waals surface area contributed by atoms with Gasteiger partial charge in [-0.3, -0.25) is 9.59 Å². The van der Waals surface area contributed by atoms with Crippen LogP contribution in [0.4, 0.5) is 24.5 Å². The van der Waals surface area contributed by atoms with Crippen LogP contribution in [0, 0.1) is 5.92 Å². The largest absolute Gasteiger partial charge is 0.460 e. The number of benzene rings is 4. The monoisotopic (exact) mass is 674 g/mol. The number of rotatable bonds is 13. The molecule has 1 atom stereocenters. The highest BCUT2D eigenvalue weighted by Gasteiger charge is 2.34. The smallest absolute Gasteiger partial charge is 0.416 e. The second-order valence-electron chi connectivity index (χ2n) is 11.8. The number of alkyl halides is 3. The first-order chi connectivity index (χ1) is 23.7. The molecule has 1 aliphatic heterocycles. The lowest BCUT2D eigenvalue weighted by Gasteiger charge is -2.36. The average Bonchev–Trinajstić information content (AvgIpc) is 3.12. The van der Waals surface area contributed by atoms with Crippen molar-refractivity contribution in [1.82, 2.24) is 0 Å². The maximum Gasteiger partial charge on any atom is 0.416 e. The van der Waals surface area contributed by atoms with E-state index in [1.54, 1.807) is 24.3 Å². The zero-order chi connectivity index (χ0) is 34.8. The van der Waals surface area contributed by atoms with Gasteiger partial charge in [0.15, 0.2) is 6.29 Å². The summed E-state index contributed by atoms with van der Waals surface area (Å²) in [7, 11) is 0. The van der Waals surface area contributed by atoms with Gasteiger partial charge in [0.05, 0.1) is 11.5 Å². The highest BCUT2D eigenvalue weighted by atomic mass is 19.4. The molecular weight excluding hydrogens is 633 g/mol. The van der Waals surface area contributed by atoms with Crippen molar-refractivity contribution < 1.29 is 37.0 Å². The topological polar surface area (TPSA) is 77.1 Å². The molecule has 0 aromatic heterocycles. The molecule has 0 radical (unpaired) electrons. The Morgan fingerprint density at radius 1 is 0.816 bits per heavy atom. The Bertz CT molecular complexity index is 1650. The summed E-state index contributed by atoms with van der Waals surface area (Å²) in [4.78, 5) is 29.0. The van der Waals surface area contributed by atoms with Crippen LogP contribution in [-0.2, 0) is 25.2 Å². The molecule has 1 unspecified atom stereocenters. The van der Waals surface area contributed by atoms with Crippen molar-refractivity contribution in [3.05, 3.63) is 120 Å². The lowest BCUT2D eigenvalue weighted by molar-refractivity contribution is -0.181. The quantitative estimate of drug-likeness (QED) is 0.113. The van der Waals surface area contributed by atoms with Gasteiger partial charge in [-0.05, 0) is 91.8 Å². The molecule has 1 fully saturated rings. The number of anilines is 2. The van der Waals surface area contributed by atoms with Gasteiger partial charge in [-0.2, -0.15) is 13.2 Å². The summed E-state index contributed by atoms with van der Waals surface area (Å²) in [5, 5.41) is 2.92. The molecule has 258 valence electrons. The fraction of sp³-hybridized carbons (Fsp3) is 0.333. The number of halogens is 3. The Kier molecular flexibility index (Phi) is 12.1. The summed E-state index contributed by atoms with van der Waals surface area (Å²) in [6.07, 6.45) is -3.46. The van der Waals surface area contributed by atoms with Crippen molar-refractivity contribution in [3.8, 4) is 11.1 Å². The lowest BCUT2D eigenvalue weighted by atomic mass is 9.80. The number of piperidine rings is 1. The van der Waals surface area contributed by atoms with Crippen LogP contribution in [-0.4, -0.2) is 51.1 Å². The van der Waals surface area contributed by atoms with Gasteiger partial charge < -0.3 is 24.4 Å². The molecule has 0 spiro atoms. The maximum atomic E-state index is 13.5. The van der Waals surface area contributed by atoms with E-state index in [9.17, 15) is 22.8 Å². The Labute approximate surface area is 285 Å². The third-order valence-electron chi connectivity index (χ3n) is 8.68. The minimum atomic E-state index is -4.44. The lowest BCUT2D eigenvalue weighted by Crippen LogP contribution is -2.38. The van der Waals surface area contributed by atoms with Crippen LogP contribution >= 0.6 is 0 Å². The molecule has 7 nitrogen and oxygen atoms in total. The third kappa shape index (κ3) is 9.28. The Balaban J connectivity index is 1.21. The fourth-order valence-corrected chi connectivity index (χ4v) is 6.23. The van der Waals surface area contributed by atoms with E-state index in [0.29, 0.717) is 35.6 Å². The highest BCUT2D eigenvalue weighted by Crippen LogP contribution is 2.36. The molecular formula is C39H41F3N2O5. The molecule has 1 aliphatic rings. The molecule has 10 heteroatoms. The molecule has 4 aromatic rings. The van der Waals surface area contributed by atoms with Crippen molar-refractivity contribution in [3.63, 3.8) is 0 Å². The van der Waals surface area contributed by atoms with Crippen molar-refractivity contribution in [2.75, 3.05) is 43.1 Å². The van der Waals surface area contributed by atoms with Crippen LogP contribution in [0.1, 0.15) is 54.1 Å². The number of hydrogen-bond donors (Lipinski definition) is 1. The summed E-state index contributed by atoms with van der Waals surface area (Å²) in [6.45, 7) is 6.17. The summed E-state index contributed by atoms with van der Waals surface area (Å²) in [5.74, 6) is -0.965. The van der Waals surface area contributed by atoms with Gasteiger partial charge in [-0.1, -0.05) is 60.7 Å². The summed E-state index contributed by atoms with van der Waals surface area (Å²) in [5.41, 5.74) is 3.17. The Morgan fingerprint density at radius 2 is 1.43 bits per heavy atom. The van der Waals surface area contributed by atoms with E-state index >= 15 is 0 Å². The van der Waals surface area contributed by atoms with Crippen molar-refractivity contribution in [2.45, 2.75) is 45.1 Å². The van der Waals surface area contributed by atoms with E-state index < -0.39 is 23.9 Å². The number of nitrogens with one attached hydrogen (secondary N) is 1. The van der Waals surface area contributed by atoms with E-state index in [4.69, 9.17) is 14.2 Å². The van der Waals surface area contributed by atoms with Gasteiger partial charge in [-0.15, -0.1) is 0 Å². The molecule has 4 aromatic carbocycles. The second-order valence-corrected chi connectivity index (χ2v) is 11.8. The first kappa shape index (κ1) is 35.6. The van der Waals surface area contributed by atoms with E-state index in [0.717, 1.165) is 49.3 Å². The first-order valence-corrected chi connectivity index (χ1v) is 16.6. The van der Waals surface area contributed by atoms with Gasteiger partial charge in [-0.25, -0.2) is 0 Å². The minimum Gasteiger partial charge on any atom is -0.460 e. The zero-order valence-electron chi connectivity index (χ0n) is 27.6. The molecule has 1 saturated heterocycles. The van der Waals surface area contributed by atoms with Crippen LogP contribution in [0.15, 0.2) is 103 Å². The number of carbonyl (C=O) groups is 2. The van der Waals surface area contributed by atoms with Crippen molar-refractivity contribution >= 4 is 23.3 Å². The number of amides is 1. The van der Waals surface area contributed by atoms with Crippen molar-refractivity contribution in [1.29, 1.82) is 0 Å². The molecule has 5 rings (SSSR count). The number of hydrogen-bond acceptors (Lipinski definition) is 6. The van der Waals surface area contributed by atoms with E-state index in [1.807, 2.05) is 68.4 Å². The van der Waals surface area contributed by atoms with Gasteiger partial charge in [0, 0.05) is 43.2 Å². The predicted octanol–water partition coefficient (Wildman–Crippen LogP) is 8.57. The zero-order valence-corrected chi connectivity index (χ0v) is 27.6. The molecule has 49 heavy (non-hydrogen) atoms. The SMILES string of the molecule is CCOC(COC(=O)C(c1ccccc1)C1CCN(c2ccc(NC(=O)c3ccccc3-c3ccc(C(F)(F)F)cc3)cc2)CC1)OCC. The third-order valence-corrected chi connectivity index (χ3v) is 8.68. The number of esters is 1. The maximum absolute atomic E-state index is 13.5. The van der Waals surface area contributed by atoms with Gasteiger partial charge in [0.2, 0.25) is 0 Å². The average molecular weight is 675 g/mol. The molecule has 1 amide bonds. The van der Waals surface area contributed by atoms with Crippen LogP contribution in [0.5, 0.6) is 0 Å². The highest BCUT2D eigenvalue weighted by molar-refractivity contribution is 6.08. The number of carbonyl (C=O) groups excluding carboxylic acids is 2.